The zero-order valence-electron chi connectivity index (χ0n) is 6.56. The van der Waals surface area contributed by atoms with Gasteiger partial charge in [0.05, 0.1) is 16.4 Å². The monoisotopic (exact) mass is 236 g/mol. The van der Waals surface area contributed by atoms with Gasteiger partial charge in [-0.05, 0) is 13.8 Å². The number of aryl methyl sites for hydroxylation is 2. The van der Waals surface area contributed by atoms with Gasteiger partial charge in [-0.25, -0.2) is 0 Å². The lowest BCUT2D eigenvalue weighted by molar-refractivity contribution is 0.632. The van der Waals surface area contributed by atoms with Crippen LogP contribution in [0.2, 0.25) is 5.02 Å². The Labute approximate surface area is 79.7 Å². The van der Waals surface area contributed by atoms with E-state index in [1.54, 1.807) is 0 Å². The van der Waals surface area contributed by atoms with Crippen LogP contribution in [0.4, 0.5) is 0 Å². The second-order valence-corrected chi connectivity index (χ2v) is 3.23. The van der Waals surface area contributed by atoms with Crippen LogP contribution in [0.15, 0.2) is 0 Å². The lowest BCUT2D eigenvalue weighted by Gasteiger charge is -1.99. The first-order chi connectivity index (χ1) is 5.20. The van der Waals surface area contributed by atoms with Crippen LogP contribution < -0.4 is 0 Å². The average molecular weight is 238 g/mol. The third-order valence-electron chi connectivity index (χ3n) is 1.58. The summed E-state index contributed by atoms with van der Waals surface area (Å²) in [6, 6.07) is 0. The molecule has 1 aromatic rings. The van der Waals surface area contributed by atoms with E-state index >= 15 is 0 Å². The molecule has 1 aromatic heterocycles. The highest BCUT2D eigenvalue weighted by molar-refractivity contribution is 9.08. The fourth-order valence-electron chi connectivity index (χ4n) is 0.997. The molecule has 0 spiro atoms. The van der Waals surface area contributed by atoms with Crippen molar-refractivity contribution in [2.75, 3.05) is 0 Å². The molecule has 0 fully saturated rings. The van der Waals surface area contributed by atoms with Gasteiger partial charge in [-0.3, -0.25) is 4.68 Å². The van der Waals surface area contributed by atoms with Gasteiger partial charge in [0, 0.05) is 11.9 Å². The predicted octanol–water partition coefficient (Wildman–Crippen LogP) is 2.76. The van der Waals surface area contributed by atoms with Crippen LogP contribution >= 0.6 is 27.5 Å². The van der Waals surface area contributed by atoms with Crippen LogP contribution in [0, 0.1) is 6.92 Å². The van der Waals surface area contributed by atoms with Gasteiger partial charge in [-0.1, -0.05) is 27.5 Å². The first kappa shape index (κ1) is 9.07. The molecule has 0 aliphatic carbocycles. The van der Waals surface area contributed by atoms with E-state index in [0.29, 0.717) is 0 Å². The van der Waals surface area contributed by atoms with Crippen LogP contribution in [0.1, 0.15) is 18.3 Å². The van der Waals surface area contributed by atoms with E-state index in [1.165, 1.54) is 0 Å². The lowest BCUT2D eigenvalue weighted by Crippen LogP contribution is -2.00. The minimum atomic E-state index is 0.764. The Morgan fingerprint density at radius 1 is 1.64 bits per heavy atom. The summed E-state index contributed by atoms with van der Waals surface area (Å²) in [6.45, 7) is 4.84. The predicted molar refractivity (Wildman–Crippen MR) is 50.3 cm³/mol. The van der Waals surface area contributed by atoms with Crippen molar-refractivity contribution in [1.82, 2.24) is 9.78 Å². The molecule has 0 atom stereocenters. The average Bonchev–Trinajstić information content (AvgIpc) is 2.28. The standard InChI is InChI=1S/C7H10BrClN2/c1-3-11-6(4-8)7(9)5(2)10-11/h3-4H2,1-2H3. The SMILES string of the molecule is CCn1nc(C)c(Cl)c1CBr. The summed E-state index contributed by atoms with van der Waals surface area (Å²) in [4.78, 5) is 0. The molecule has 0 aliphatic rings. The van der Waals surface area contributed by atoms with Crippen LogP contribution in [0.25, 0.3) is 0 Å². The molecule has 0 aliphatic heterocycles. The molecule has 0 amide bonds. The topological polar surface area (TPSA) is 17.8 Å². The zero-order valence-corrected chi connectivity index (χ0v) is 8.91. The zero-order chi connectivity index (χ0) is 8.43. The van der Waals surface area contributed by atoms with Gasteiger partial charge >= 0.3 is 0 Å². The summed E-state index contributed by atoms with van der Waals surface area (Å²) >= 11 is 9.35. The second kappa shape index (κ2) is 3.59. The number of halogens is 2. The van der Waals surface area contributed by atoms with E-state index in [9.17, 15) is 0 Å². The minimum absolute atomic E-state index is 0.764. The summed E-state index contributed by atoms with van der Waals surface area (Å²) in [7, 11) is 0. The minimum Gasteiger partial charge on any atom is -0.267 e. The molecular weight excluding hydrogens is 227 g/mol. The van der Waals surface area contributed by atoms with Gasteiger partial charge in [0.15, 0.2) is 0 Å². The highest BCUT2D eigenvalue weighted by Crippen LogP contribution is 2.21. The number of alkyl halides is 1. The molecule has 1 rings (SSSR count). The molecule has 1 heterocycles. The molecule has 4 heteroatoms. The Bertz CT molecular complexity index is 257. The van der Waals surface area contributed by atoms with Gasteiger partial charge in [-0.2, -0.15) is 5.10 Å². The molecule has 62 valence electrons. The lowest BCUT2D eigenvalue weighted by atomic mass is 10.4. The van der Waals surface area contributed by atoms with E-state index in [4.69, 9.17) is 11.6 Å². The Kier molecular flexibility index (Phi) is 2.96. The number of rotatable bonds is 2. The van der Waals surface area contributed by atoms with Crippen molar-refractivity contribution in [3.63, 3.8) is 0 Å². The van der Waals surface area contributed by atoms with Crippen LogP contribution in [0.5, 0.6) is 0 Å². The van der Waals surface area contributed by atoms with Crippen molar-refractivity contribution >= 4 is 27.5 Å². The fourth-order valence-corrected chi connectivity index (χ4v) is 1.93. The smallest absolute Gasteiger partial charge is 0.0855 e. The molecule has 0 N–H and O–H groups in total. The summed E-state index contributed by atoms with van der Waals surface area (Å²) in [5, 5.41) is 5.80. The Balaban J connectivity index is 3.15. The van der Waals surface area contributed by atoms with Crippen LogP contribution in [-0.4, -0.2) is 9.78 Å². The molecular formula is C7H10BrClN2. The maximum Gasteiger partial charge on any atom is 0.0855 e. The van der Waals surface area contributed by atoms with Gasteiger partial charge in [-0.15, -0.1) is 0 Å². The summed E-state index contributed by atoms with van der Waals surface area (Å²) in [6.07, 6.45) is 0. The largest absolute Gasteiger partial charge is 0.267 e. The Morgan fingerprint density at radius 2 is 2.27 bits per heavy atom. The summed E-state index contributed by atoms with van der Waals surface area (Å²) in [5.41, 5.74) is 1.97. The Hall–Kier alpha value is -0.0200. The molecule has 0 aromatic carbocycles. The maximum absolute atomic E-state index is 5.98. The van der Waals surface area contributed by atoms with Crippen molar-refractivity contribution in [3.05, 3.63) is 16.4 Å². The normalized spacial score (nSPS) is 10.5. The van der Waals surface area contributed by atoms with Crippen molar-refractivity contribution in [1.29, 1.82) is 0 Å². The van der Waals surface area contributed by atoms with E-state index < -0.39 is 0 Å². The van der Waals surface area contributed by atoms with Crippen molar-refractivity contribution in [2.24, 2.45) is 0 Å². The molecule has 0 radical (unpaired) electrons. The quantitative estimate of drug-likeness (QED) is 0.723. The van der Waals surface area contributed by atoms with E-state index in [1.807, 2.05) is 11.6 Å². The molecule has 11 heavy (non-hydrogen) atoms. The van der Waals surface area contributed by atoms with Gasteiger partial charge in [0.1, 0.15) is 0 Å². The van der Waals surface area contributed by atoms with Crippen molar-refractivity contribution in [3.8, 4) is 0 Å². The van der Waals surface area contributed by atoms with E-state index in [0.717, 1.165) is 28.3 Å². The third kappa shape index (κ3) is 1.59. The highest BCUT2D eigenvalue weighted by Gasteiger charge is 2.09. The molecule has 2 nitrogen and oxygen atoms in total. The molecule has 0 saturated heterocycles. The van der Waals surface area contributed by atoms with Crippen LogP contribution in [0.3, 0.4) is 0 Å². The first-order valence-corrected chi connectivity index (χ1v) is 4.98. The van der Waals surface area contributed by atoms with Crippen molar-refractivity contribution < 1.29 is 0 Å². The Morgan fingerprint density at radius 3 is 2.64 bits per heavy atom. The van der Waals surface area contributed by atoms with E-state index in [-0.39, 0.29) is 0 Å². The van der Waals surface area contributed by atoms with Crippen LogP contribution in [-0.2, 0) is 11.9 Å². The number of aromatic nitrogens is 2. The molecule has 0 bridgehead atoms. The molecule has 0 unspecified atom stereocenters. The second-order valence-electron chi connectivity index (χ2n) is 2.30. The first-order valence-electron chi connectivity index (χ1n) is 3.48. The number of hydrogen-bond acceptors (Lipinski definition) is 1. The molecule has 0 saturated carbocycles. The summed E-state index contributed by atoms with van der Waals surface area (Å²) < 4.78 is 1.91. The van der Waals surface area contributed by atoms with Gasteiger partial charge in [0.25, 0.3) is 0 Å². The van der Waals surface area contributed by atoms with Crippen molar-refractivity contribution in [2.45, 2.75) is 25.7 Å². The fraction of sp³-hybridized carbons (Fsp3) is 0.571. The summed E-state index contributed by atoms with van der Waals surface area (Å²) in [5.74, 6) is 0. The highest BCUT2D eigenvalue weighted by atomic mass is 79.9. The number of hydrogen-bond donors (Lipinski definition) is 0. The van der Waals surface area contributed by atoms with Gasteiger partial charge < -0.3 is 0 Å². The maximum atomic E-state index is 5.98. The number of nitrogens with zero attached hydrogens (tertiary/aromatic N) is 2. The third-order valence-corrected chi connectivity index (χ3v) is 2.60. The van der Waals surface area contributed by atoms with Gasteiger partial charge in [0.2, 0.25) is 0 Å². The van der Waals surface area contributed by atoms with E-state index in [2.05, 4.69) is 28.0 Å².